The molecule has 0 N–H and O–H groups in total. The zero-order chi connectivity index (χ0) is 31.3. The van der Waals surface area contributed by atoms with Gasteiger partial charge in [0.25, 0.3) is 5.69 Å². The Morgan fingerprint density at radius 1 is 0.744 bits per heavy atom. The number of hydrogen-bond donors (Lipinski definition) is 0. The van der Waals surface area contributed by atoms with Crippen molar-refractivity contribution in [2.45, 2.75) is 85.8 Å². The highest BCUT2D eigenvalue weighted by molar-refractivity contribution is 6.85. The Hall–Kier alpha value is -2.37. The minimum atomic E-state index is -2.68. The molecule has 2 unspecified atom stereocenters. The van der Waals surface area contributed by atoms with Crippen LogP contribution in [0.25, 0.3) is 10.8 Å². The molecule has 4 aromatic rings. The molecule has 0 aliphatic carbocycles. The van der Waals surface area contributed by atoms with Gasteiger partial charge in [-0.1, -0.05) is 166 Å². The second-order valence-corrected chi connectivity index (χ2v) is 19.9. The summed E-state index contributed by atoms with van der Waals surface area (Å²) in [5, 5.41) is 13.5. The summed E-state index contributed by atoms with van der Waals surface area (Å²) in [5.41, 5.74) is 3.77. The molecule has 43 heavy (non-hydrogen) atoms. The number of rotatable bonds is 13. The van der Waals surface area contributed by atoms with Crippen molar-refractivity contribution >= 4 is 59.3 Å². The van der Waals surface area contributed by atoms with Gasteiger partial charge < -0.3 is 0 Å². The molecule has 4 rings (SSSR count). The molecule has 2 atom stereocenters. The van der Waals surface area contributed by atoms with E-state index in [9.17, 15) is 10.1 Å². The van der Waals surface area contributed by atoms with Crippen LogP contribution in [-0.2, 0) is 16.5 Å². The van der Waals surface area contributed by atoms with Gasteiger partial charge in [0.05, 0.1) is 13.0 Å². The maximum atomic E-state index is 11.7. The van der Waals surface area contributed by atoms with Crippen molar-refractivity contribution in [1.29, 1.82) is 0 Å². The summed E-state index contributed by atoms with van der Waals surface area (Å²) in [5.74, 6) is 0. The smallest absolute Gasteiger partial charge is 0.258 e. The van der Waals surface area contributed by atoms with E-state index >= 15 is 0 Å². The second-order valence-electron chi connectivity index (χ2n) is 11.8. The molecule has 4 aromatic carbocycles. The lowest BCUT2D eigenvalue weighted by Crippen LogP contribution is -2.69. The van der Waals surface area contributed by atoms with Crippen LogP contribution in [0.5, 0.6) is 0 Å². The predicted molar refractivity (Wildman–Crippen MR) is 187 cm³/mol. The van der Waals surface area contributed by atoms with E-state index in [0.29, 0.717) is 6.42 Å². The first kappa shape index (κ1) is 33.5. The molecule has 3 nitrogen and oxygen atoms in total. The van der Waals surface area contributed by atoms with E-state index in [4.69, 9.17) is 34.8 Å². The van der Waals surface area contributed by atoms with Crippen LogP contribution >= 0.6 is 34.8 Å². The average Bonchev–Trinajstić information content (AvgIpc) is 3.00. The fourth-order valence-electron chi connectivity index (χ4n) is 8.52. The first-order valence-corrected chi connectivity index (χ1v) is 18.9. The number of halogens is 3. The van der Waals surface area contributed by atoms with Gasteiger partial charge in [0.1, 0.15) is 0 Å². The maximum Gasteiger partial charge on any atom is 0.269 e. The summed E-state index contributed by atoms with van der Waals surface area (Å²) in [6.45, 7) is 9.21. The number of non-ortho nitro benzene ring substituents is 1. The topological polar surface area (TPSA) is 43.1 Å². The minimum Gasteiger partial charge on any atom is -0.258 e. The molecule has 0 aliphatic rings. The van der Waals surface area contributed by atoms with E-state index in [-0.39, 0.29) is 15.6 Å². The van der Waals surface area contributed by atoms with Crippen molar-refractivity contribution in [1.82, 2.24) is 0 Å². The molecule has 0 saturated carbocycles. The fourth-order valence-corrected chi connectivity index (χ4v) is 17.7. The SMILES string of the molecule is CCCC(CC(Cl)(Cl)Cl)(c1ccc([N+](=O)[O-])cc1)[Si](CC)(CC)C(CC)(Cc1ccccc1)c1cccc2ccccc12. The molecule has 228 valence electrons. The van der Waals surface area contributed by atoms with Crippen LogP contribution in [0.4, 0.5) is 5.69 Å². The van der Waals surface area contributed by atoms with Crippen LogP contribution in [0.3, 0.4) is 0 Å². The summed E-state index contributed by atoms with van der Waals surface area (Å²) in [6.07, 6.45) is 3.86. The molecule has 0 radical (unpaired) electrons. The number of alkyl halides is 3. The lowest BCUT2D eigenvalue weighted by molar-refractivity contribution is -0.384. The standard InChI is InChI=1S/C36H42Cl3NO2Si/c1-5-25-35(27-36(37,38)39,30-21-23-31(24-22-30)40(41)42)43(7-3,8-4)34(6-2,26-28-15-10-9-11-16-28)33-20-14-18-29-17-12-13-19-32(29)33/h9-24H,5-8,25-27H2,1-4H3. The highest BCUT2D eigenvalue weighted by Crippen LogP contribution is 2.60. The normalized spacial score (nSPS) is 15.1. The Balaban J connectivity index is 2.19. The third-order valence-electron chi connectivity index (χ3n) is 10.1. The highest BCUT2D eigenvalue weighted by Gasteiger charge is 2.63. The number of nitrogens with zero attached hydrogens (tertiary/aromatic N) is 1. The van der Waals surface area contributed by atoms with Crippen LogP contribution in [0.1, 0.15) is 70.1 Å². The van der Waals surface area contributed by atoms with Gasteiger partial charge in [-0.3, -0.25) is 10.1 Å². The lowest BCUT2D eigenvalue weighted by Gasteiger charge is -2.61. The van der Waals surface area contributed by atoms with Crippen LogP contribution in [0.15, 0.2) is 97.1 Å². The molecular formula is C36H42Cl3NO2Si. The third kappa shape index (κ3) is 6.27. The van der Waals surface area contributed by atoms with Crippen LogP contribution in [-0.4, -0.2) is 16.8 Å². The van der Waals surface area contributed by atoms with Crippen molar-refractivity contribution < 1.29 is 4.92 Å². The Bertz CT molecular complexity index is 1510. The van der Waals surface area contributed by atoms with Gasteiger partial charge in [0.15, 0.2) is 3.79 Å². The minimum absolute atomic E-state index is 0.0726. The van der Waals surface area contributed by atoms with Crippen molar-refractivity contribution in [2.24, 2.45) is 0 Å². The van der Waals surface area contributed by atoms with Crippen LogP contribution in [0, 0.1) is 10.1 Å². The van der Waals surface area contributed by atoms with Gasteiger partial charge in [-0.2, -0.15) is 0 Å². The zero-order valence-electron chi connectivity index (χ0n) is 25.6. The van der Waals surface area contributed by atoms with Crippen molar-refractivity contribution in [2.75, 3.05) is 0 Å². The second kappa shape index (κ2) is 13.7. The quantitative estimate of drug-likeness (QED) is 0.0623. The van der Waals surface area contributed by atoms with E-state index in [1.807, 2.05) is 12.1 Å². The number of nitro benzene ring substituents is 1. The van der Waals surface area contributed by atoms with Crippen molar-refractivity contribution in [3.63, 3.8) is 0 Å². The first-order chi connectivity index (χ1) is 20.5. The predicted octanol–water partition coefficient (Wildman–Crippen LogP) is 11.7. The van der Waals surface area contributed by atoms with Gasteiger partial charge in [0, 0.05) is 18.6 Å². The average molecular weight is 655 g/mol. The molecule has 0 amide bonds. The van der Waals surface area contributed by atoms with Crippen molar-refractivity contribution in [3.8, 4) is 0 Å². The van der Waals surface area contributed by atoms with Gasteiger partial charge in [-0.15, -0.1) is 0 Å². The van der Waals surface area contributed by atoms with E-state index in [0.717, 1.165) is 43.3 Å². The number of fused-ring (bicyclic) bond motifs is 1. The van der Waals surface area contributed by atoms with Crippen LogP contribution < -0.4 is 0 Å². The summed E-state index contributed by atoms with van der Waals surface area (Å²) < 4.78 is -1.51. The van der Waals surface area contributed by atoms with Gasteiger partial charge in [0.2, 0.25) is 0 Å². The first-order valence-electron chi connectivity index (χ1n) is 15.4. The Labute approximate surface area is 272 Å². The summed E-state index contributed by atoms with van der Waals surface area (Å²) >= 11 is 20.5. The molecule has 0 aliphatic heterocycles. The summed E-state index contributed by atoms with van der Waals surface area (Å²) in [7, 11) is -2.68. The zero-order valence-corrected chi connectivity index (χ0v) is 28.9. The molecule has 0 heterocycles. The molecule has 0 bridgehead atoms. The van der Waals surface area contributed by atoms with E-state index in [1.165, 1.54) is 21.9 Å². The summed E-state index contributed by atoms with van der Waals surface area (Å²) in [4.78, 5) is 11.4. The Kier molecular flexibility index (Phi) is 10.7. The third-order valence-corrected chi connectivity index (χ3v) is 18.1. The lowest BCUT2D eigenvalue weighted by atomic mass is 9.85. The maximum absolute atomic E-state index is 11.7. The molecular weight excluding hydrogens is 613 g/mol. The van der Waals surface area contributed by atoms with Gasteiger partial charge in [-0.25, -0.2) is 0 Å². The molecule has 0 fully saturated rings. The fraction of sp³-hybridized carbons (Fsp3) is 0.389. The van der Waals surface area contributed by atoms with E-state index in [1.54, 1.807) is 12.1 Å². The van der Waals surface area contributed by atoms with Crippen molar-refractivity contribution in [3.05, 3.63) is 124 Å². The van der Waals surface area contributed by atoms with E-state index < -0.39 is 16.9 Å². The molecule has 7 heteroatoms. The Morgan fingerprint density at radius 3 is 1.91 bits per heavy atom. The molecule has 0 aromatic heterocycles. The molecule has 0 saturated heterocycles. The molecule has 0 spiro atoms. The highest BCUT2D eigenvalue weighted by atomic mass is 35.6. The van der Waals surface area contributed by atoms with E-state index in [2.05, 4.69) is 100 Å². The number of hydrogen-bond acceptors (Lipinski definition) is 2. The van der Waals surface area contributed by atoms with Gasteiger partial charge in [-0.05, 0) is 56.8 Å². The monoisotopic (exact) mass is 653 g/mol. The largest absolute Gasteiger partial charge is 0.269 e. The summed E-state index contributed by atoms with van der Waals surface area (Å²) in [6, 6.07) is 35.3. The number of benzene rings is 4. The number of nitro groups is 1. The van der Waals surface area contributed by atoms with Gasteiger partial charge >= 0.3 is 0 Å². The Morgan fingerprint density at radius 2 is 1.35 bits per heavy atom. The van der Waals surface area contributed by atoms with Crippen LogP contribution in [0.2, 0.25) is 12.1 Å².